The molecular weight excluding hydrogens is 276 g/mol. The molecule has 1 heterocycles. The van der Waals surface area contributed by atoms with Gasteiger partial charge in [-0.25, -0.2) is 4.79 Å². The van der Waals surface area contributed by atoms with Crippen LogP contribution in [0.25, 0.3) is 11.1 Å². The number of benzene rings is 2. The molecule has 0 atom stereocenters. The predicted molar refractivity (Wildman–Crippen MR) is 89.1 cm³/mol. The second-order valence-corrected chi connectivity index (χ2v) is 6.33. The van der Waals surface area contributed by atoms with E-state index in [2.05, 4.69) is 12.1 Å². The van der Waals surface area contributed by atoms with Crippen LogP contribution in [0, 0.1) is 0 Å². The number of rotatable bonds is 2. The van der Waals surface area contributed by atoms with Crippen molar-refractivity contribution in [1.29, 1.82) is 0 Å². The van der Waals surface area contributed by atoms with Gasteiger partial charge in [-0.2, -0.15) is 0 Å². The molecule has 0 aliphatic carbocycles. The fourth-order valence-corrected chi connectivity index (χ4v) is 2.98. The minimum absolute atomic E-state index is 0.307. The van der Waals surface area contributed by atoms with Crippen molar-refractivity contribution in [3.05, 3.63) is 47.5 Å². The Morgan fingerprint density at radius 1 is 1.05 bits per heavy atom. The Morgan fingerprint density at radius 2 is 1.64 bits per heavy atom. The van der Waals surface area contributed by atoms with Crippen molar-refractivity contribution in [2.75, 3.05) is 24.7 Å². The van der Waals surface area contributed by atoms with Crippen LogP contribution in [0.4, 0.5) is 11.4 Å². The average molecular weight is 296 g/mol. The standard InChI is InChI=1S/C18H20N2O2/c1-18(2)16-14(9-12(19)10-15(16)17(21)22-18)11-5-7-13(8-6-11)20(3)4/h5-10H,19H2,1-4H3. The van der Waals surface area contributed by atoms with E-state index in [4.69, 9.17) is 10.5 Å². The number of nitrogens with two attached hydrogens (primary N) is 1. The molecule has 0 radical (unpaired) electrons. The summed E-state index contributed by atoms with van der Waals surface area (Å²) in [5.41, 5.74) is 10.5. The lowest BCUT2D eigenvalue weighted by molar-refractivity contribution is 0.00971. The summed E-state index contributed by atoms with van der Waals surface area (Å²) in [4.78, 5) is 14.1. The van der Waals surface area contributed by atoms with E-state index < -0.39 is 5.60 Å². The van der Waals surface area contributed by atoms with Crippen molar-refractivity contribution >= 4 is 17.3 Å². The summed E-state index contributed by atoms with van der Waals surface area (Å²) in [5.74, 6) is -0.307. The van der Waals surface area contributed by atoms with Gasteiger partial charge >= 0.3 is 5.97 Å². The molecule has 2 aromatic rings. The number of ether oxygens (including phenoxy) is 1. The average Bonchev–Trinajstić information content (AvgIpc) is 2.68. The van der Waals surface area contributed by atoms with Crippen LogP contribution < -0.4 is 10.6 Å². The number of nitrogens with zero attached hydrogens (tertiary/aromatic N) is 1. The third kappa shape index (κ3) is 2.21. The molecule has 114 valence electrons. The molecule has 0 fully saturated rings. The van der Waals surface area contributed by atoms with Gasteiger partial charge in [0, 0.05) is 31.0 Å². The van der Waals surface area contributed by atoms with Gasteiger partial charge in [0.05, 0.1) is 5.56 Å². The van der Waals surface area contributed by atoms with E-state index >= 15 is 0 Å². The van der Waals surface area contributed by atoms with E-state index in [0.717, 1.165) is 22.4 Å². The van der Waals surface area contributed by atoms with Crippen molar-refractivity contribution in [2.45, 2.75) is 19.4 Å². The van der Waals surface area contributed by atoms with Gasteiger partial charge in [-0.3, -0.25) is 0 Å². The number of nitrogen functional groups attached to an aromatic ring is 1. The number of carbonyl (C=O) groups is 1. The predicted octanol–water partition coefficient (Wildman–Crippen LogP) is 3.41. The molecule has 2 aromatic carbocycles. The minimum atomic E-state index is -0.643. The van der Waals surface area contributed by atoms with Crippen LogP contribution in [0.2, 0.25) is 0 Å². The number of carbonyl (C=O) groups excluding carboxylic acids is 1. The molecule has 4 nitrogen and oxygen atoms in total. The SMILES string of the molecule is CN(C)c1ccc(-c2cc(N)cc3c2C(C)(C)OC3=O)cc1. The van der Waals surface area contributed by atoms with Crippen molar-refractivity contribution in [2.24, 2.45) is 0 Å². The fraction of sp³-hybridized carbons (Fsp3) is 0.278. The van der Waals surface area contributed by atoms with Crippen LogP contribution in [0.5, 0.6) is 0 Å². The Labute approximate surface area is 130 Å². The van der Waals surface area contributed by atoms with Gasteiger partial charge in [0.25, 0.3) is 0 Å². The van der Waals surface area contributed by atoms with Gasteiger partial charge in [-0.1, -0.05) is 12.1 Å². The Hall–Kier alpha value is -2.49. The summed E-state index contributed by atoms with van der Waals surface area (Å²) in [6.07, 6.45) is 0. The van der Waals surface area contributed by atoms with Crippen LogP contribution in [0.15, 0.2) is 36.4 Å². The molecule has 2 N–H and O–H groups in total. The highest BCUT2D eigenvalue weighted by Gasteiger charge is 2.40. The molecule has 0 aromatic heterocycles. The van der Waals surface area contributed by atoms with Crippen LogP contribution in [-0.2, 0) is 10.3 Å². The Bertz CT molecular complexity index is 746. The number of fused-ring (bicyclic) bond motifs is 1. The topological polar surface area (TPSA) is 55.6 Å². The van der Waals surface area contributed by atoms with Gasteiger partial charge in [0.15, 0.2) is 0 Å². The van der Waals surface area contributed by atoms with Crippen LogP contribution in [0.3, 0.4) is 0 Å². The minimum Gasteiger partial charge on any atom is -0.451 e. The zero-order chi connectivity index (χ0) is 16.1. The van der Waals surface area contributed by atoms with Gasteiger partial charge in [-0.05, 0) is 49.2 Å². The smallest absolute Gasteiger partial charge is 0.339 e. The van der Waals surface area contributed by atoms with E-state index in [0.29, 0.717) is 11.3 Å². The van der Waals surface area contributed by atoms with Gasteiger partial charge in [0.1, 0.15) is 5.60 Å². The summed E-state index contributed by atoms with van der Waals surface area (Å²) in [6.45, 7) is 3.81. The molecule has 1 aliphatic rings. The molecule has 0 amide bonds. The maximum atomic E-state index is 12.1. The summed E-state index contributed by atoms with van der Waals surface area (Å²) in [5, 5.41) is 0. The lowest BCUT2D eigenvalue weighted by Gasteiger charge is -2.21. The van der Waals surface area contributed by atoms with Crippen LogP contribution in [0.1, 0.15) is 29.8 Å². The molecule has 0 saturated heterocycles. The van der Waals surface area contributed by atoms with Crippen LogP contribution in [-0.4, -0.2) is 20.1 Å². The number of cyclic esters (lactones) is 1. The monoisotopic (exact) mass is 296 g/mol. The second kappa shape index (κ2) is 4.77. The van der Waals surface area contributed by atoms with Gasteiger partial charge in [-0.15, -0.1) is 0 Å². The van der Waals surface area contributed by atoms with Crippen molar-refractivity contribution in [3.63, 3.8) is 0 Å². The number of hydrogen-bond acceptors (Lipinski definition) is 4. The van der Waals surface area contributed by atoms with Gasteiger partial charge < -0.3 is 15.4 Å². The first-order valence-electron chi connectivity index (χ1n) is 7.25. The maximum absolute atomic E-state index is 12.1. The second-order valence-electron chi connectivity index (χ2n) is 6.33. The zero-order valence-electron chi connectivity index (χ0n) is 13.3. The quantitative estimate of drug-likeness (QED) is 0.681. The first kappa shape index (κ1) is 14.4. The lowest BCUT2D eigenvalue weighted by atomic mass is 9.87. The van der Waals surface area contributed by atoms with Crippen molar-refractivity contribution in [1.82, 2.24) is 0 Å². The van der Waals surface area contributed by atoms with Crippen LogP contribution >= 0.6 is 0 Å². The van der Waals surface area contributed by atoms with E-state index in [1.165, 1.54) is 0 Å². The number of anilines is 2. The molecule has 0 saturated carbocycles. The number of hydrogen-bond donors (Lipinski definition) is 1. The molecule has 4 heteroatoms. The zero-order valence-corrected chi connectivity index (χ0v) is 13.3. The highest BCUT2D eigenvalue weighted by Crippen LogP contribution is 2.43. The summed E-state index contributed by atoms with van der Waals surface area (Å²) >= 11 is 0. The fourth-order valence-electron chi connectivity index (χ4n) is 2.98. The van der Waals surface area contributed by atoms with E-state index in [-0.39, 0.29) is 5.97 Å². The molecule has 22 heavy (non-hydrogen) atoms. The molecule has 0 bridgehead atoms. The maximum Gasteiger partial charge on any atom is 0.339 e. The first-order chi connectivity index (χ1) is 10.3. The summed E-state index contributed by atoms with van der Waals surface area (Å²) in [7, 11) is 4.01. The Balaban J connectivity index is 2.20. The Kier molecular flexibility index (Phi) is 3.13. The molecule has 1 aliphatic heterocycles. The first-order valence-corrected chi connectivity index (χ1v) is 7.25. The third-order valence-electron chi connectivity index (χ3n) is 4.03. The molecule has 0 spiro atoms. The molecular formula is C18H20N2O2. The number of esters is 1. The van der Waals surface area contributed by atoms with E-state index in [1.807, 2.05) is 51.0 Å². The largest absolute Gasteiger partial charge is 0.451 e. The summed E-state index contributed by atoms with van der Waals surface area (Å²) in [6, 6.07) is 11.8. The van der Waals surface area contributed by atoms with Crippen molar-refractivity contribution in [3.8, 4) is 11.1 Å². The van der Waals surface area contributed by atoms with E-state index in [9.17, 15) is 4.79 Å². The Morgan fingerprint density at radius 3 is 2.23 bits per heavy atom. The van der Waals surface area contributed by atoms with Crippen molar-refractivity contribution < 1.29 is 9.53 Å². The molecule has 3 rings (SSSR count). The van der Waals surface area contributed by atoms with Gasteiger partial charge in [0.2, 0.25) is 0 Å². The van der Waals surface area contributed by atoms with E-state index in [1.54, 1.807) is 6.07 Å². The molecule has 0 unspecified atom stereocenters. The summed E-state index contributed by atoms with van der Waals surface area (Å²) < 4.78 is 5.50. The lowest BCUT2D eigenvalue weighted by Crippen LogP contribution is -2.17. The third-order valence-corrected chi connectivity index (χ3v) is 4.03. The highest BCUT2D eigenvalue weighted by molar-refractivity contribution is 5.99. The highest BCUT2D eigenvalue weighted by atomic mass is 16.6. The normalized spacial score (nSPS) is 15.4.